The molecule has 0 fully saturated rings. The van der Waals surface area contributed by atoms with E-state index in [1.807, 2.05) is 6.07 Å². The SMILES string of the molecule is C=C(Nc1ccc(C#N)cc1)c1n[nH]c2ccc([N+](=O)[O-])cc12. The first-order valence-electron chi connectivity index (χ1n) is 6.67. The van der Waals surface area contributed by atoms with Gasteiger partial charge in [0.05, 0.1) is 27.8 Å². The van der Waals surface area contributed by atoms with Gasteiger partial charge >= 0.3 is 0 Å². The van der Waals surface area contributed by atoms with Crippen LogP contribution >= 0.6 is 0 Å². The normalized spacial score (nSPS) is 10.2. The highest BCUT2D eigenvalue weighted by atomic mass is 16.6. The van der Waals surface area contributed by atoms with Gasteiger partial charge in [-0.1, -0.05) is 6.58 Å². The predicted molar refractivity (Wildman–Crippen MR) is 86.6 cm³/mol. The van der Waals surface area contributed by atoms with Gasteiger partial charge in [-0.25, -0.2) is 0 Å². The van der Waals surface area contributed by atoms with Crippen LogP contribution in [0.3, 0.4) is 0 Å². The maximum Gasteiger partial charge on any atom is 0.270 e. The van der Waals surface area contributed by atoms with Crippen LogP contribution in [-0.2, 0) is 0 Å². The number of anilines is 1. The average molecular weight is 305 g/mol. The van der Waals surface area contributed by atoms with Gasteiger partial charge < -0.3 is 5.32 Å². The highest BCUT2D eigenvalue weighted by Crippen LogP contribution is 2.26. The van der Waals surface area contributed by atoms with Crippen LogP contribution in [0.4, 0.5) is 11.4 Å². The predicted octanol–water partition coefficient (Wildman–Crippen LogP) is 3.43. The molecule has 0 atom stereocenters. The van der Waals surface area contributed by atoms with Crippen LogP contribution in [0.15, 0.2) is 49.0 Å². The molecular formula is C16H11N5O2. The van der Waals surface area contributed by atoms with Crippen LogP contribution < -0.4 is 5.32 Å². The number of non-ortho nitro benzene ring substituents is 1. The van der Waals surface area contributed by atoms with Crippen LogP contribution in [0.5, 0.6) is 0 Å². The molecule has 0 spiro atoms. The second-order valence-corrected chi connectivity index (χ2v) is 4.85. The largest absolute Gasteiger partial charge is 0.354 e. The van der Waals surface area contributed by atoms with E-state index in [0.717, 1.165) is 5.69 Å². The van der Waals surface area contributed by atoms with E-state index >= 15 is 0 Å². The van der Waals surface area contributed by atoms with Crippen molar-refractivity contribution in [2.24, 2.45) is 0 Å². The van der Waals surface area contributed by atoms with Gasteiger partial charge in [-0.3, -0.25) is 15.2 Å². The van der Waals surface area contributed by atoms with Crippen molar-refractivity contribution in [3.05, 3.63) is 70.4 Å². The van der Waals surface area contributed by atoms with Crippen molar-refractivity contribution in [3.63, 3.8) is 0 Å². The number of aromatic amines is 1. The number of fused-ring (bicyclic) bond motifs is 1. The molecule has 0 amide bonds. The van der Waals surface area contributed by atoms with Crippen molar-refractivity contribution in [3.8, 4) is 6.07 Å². The molecule has 0 bridgehead atoms. The molecule has 0 saturated carbocycles. The third kappa shape index (κ3) is 2.73. The van der Waals surface area contributed by atoms with Crippen LogP contribution in [0.2, 0.25) is 0 Å². The highest BCUT2D eigenvalue weighted by Gasteiger charge is 2.14. The quantitative estimate of drug-likeness (QED) is 0.567. The standard InChI is InChI=1S/C16H11N5O2/c1-10(18-12-4-2-11(9-17)3-5-12)16-14-8-13(21(22)23)6-7-15(14)19-20-16/h2-8,18H,1H2,(H,19,20). The lowest BCUT2D eigenvalue weighted by molar-refractivity contribution is -0.384. The molecule has 2 N–H and O–H groups in total. The molecule has 0 aliphatic rings. The van der Waals surface area contributed by atoms with Gasteiger partial charge in [-0.05, 0) is 30.3 Å². The van der Waals surface area contributed by atoms with E-state index < -0.39 is 4.92 Å². The van der Waals surface area contributed by atoms with Gasteiger partial charge in [0.25, 0.3) is 5.69 Å². The molecule has 7 nitrogen and oxygen atoms in total. The Labute approximate surface area is 131 Å². The molecule has 7 heteroatoms. The lowest BCUT2D eigenvalue weighted by atomic mass is 10.1. The second-order valence-electron chi connectivity index (χ2n) is 4.85. The van der Waals surface area contributed by atoms with E-state index in [1.54, 1.807) is 30.3 Å². The fourth-order valence-electron chi connectivity index (χ4n) is 2.21. The highest BCUT2D eigenvalue weighted by molar-refractivity contribution is 5.93. The number of hydrogen-bond acceptors (Lipinski definition) is 5. The zero-order valence-corrected chi connectivity index (χ0v) is 11.9. The van der Waals surface area contributed by atoms with Crippen molar-refractivity contribution in [2.75, 3.05) is 5.32 Å². The third-order valence-corrected chi connectivity index (χ3v) is 3.35. The number of benzene rings is 2. The van der Waals surface area contributed by atoms with Crippen molar-refractivity contribution in [2.45, 2.75) is 0 Å². The minimum atomic E-state index is -0.451. The number of nitrogens with zero attached hydrogens (tertiary/aromatic N) is 3. The lowest BCUT2D eigenvalue weighted by Gasteiger charge is -2.07. The summed E-state index contributed by atoms with van der Waals surface area (Å²) in [4.78, 5) is 10.5. The van der Waals surface area contributed by atoms with E-state index in [2.05, 4.69) is 22.1 Å². The summed E-state index contributed by atoms with van der Waals surface area (Å²) in [5.41, 5.74) is 2.99. The maximum absolute atomic E-state index is 10.9. The summed E-state index contributed by atoms with van der Waals surface area (Å²) in [5.74, 6) is 0. The number of hydrogen-bond donors (Lipinski definition) is 2. The summed E-state index contributed by atoms with van der Waals surface area (Å²) in [6, 6.07) is 13.4. The van der Waals surface area contributed by atoms with Crippen LogP contribution in [0.25, 0.3) is 16.6 Å². The number of rotatable bonds is 4. The Balaban J connectivity index is 1.92. The third-order valence-electron chi connectivity index (χ3n) is 3.35. The van der Waals surface area contributed by atoms with E-state index in [-0.39, 0.29) is 5.69 Å². The lowest BCUT2D eigenvalue weighted by Crippen LogP contribution is -1.98. The monoisotopic (exact) mass is 305 g/mol. The van der Waals surface area contributed by atoms with Gasteiger partial charge in [-0.15, -0.1) is 0 Å². The summed E-state index contributed by atoms with van der Waals surface area (Å²) < 4.78 is 0. The molecule has 0 aliphatic heterocycles. The smallest absolute Gasteiger partial charge is 0.270 e. The number of H-pyrrole nitrogens is 1. The zero-order valence-electron chi connectivity index (χ0n) is 11.9. The number of nitro benzene ring substituents is 1. The van der Waals surface area contributed by atoms with Crippen LogP contribution in [0, 0.1) is 21.4 Å². The number of nitrogens with one attached hydrogen (secondary N) is 2. The van der Waals surface area contributed by atoms with Gasteiger partial charge in [0.15, 0.2) is 0 Å². The van der Waals surface area contributed by atoms with Crippen LogP contribution in [-0.4, -0.2) is 15.1 Å². The number of nitro groups is 1. The van der Waals surface area contributed by atoms with E-state index in [4.69, 9.17) is 5.26 Å². The molecule has 3 rings (SSSR count). The molecule has 3 aromatic rings. The molecule has 23 heavy (non-hydrogen) atoms. The van der Waals surface area contributed by atoms with Crippen molar-refractivity contribution in [1.29, 1.82) is 5.26 Å². The van der Waals surface area contributed by atoms with Gasteiger partial charge in [0, 0.05) is 23.2 Å². The fraction of sp³-hybridized carbons (Fsp3) is 0. The Kier molecular flexibility index (Phi) is 3.49. The minimum absolute atomic E-state index is 0.00803. The number of nitriles is 1. The van der Waals surface area contributed by atoms with Crippen LogP contribution in [0.1, 0.15) is 11.3 Å². The summed E-state index contributed by atoms with van der Waals surface area (Å²) in [6.45, 7) is 3.93. The first kappa shape index (κ1) is 14.3. The molecule has 0 saturated heterocycles. The molecular weight excluding hydrogens is 294 g/mol. The summed E-state index contributed by atoms with van der Waals surface area (Å²) >= 11 is 0. The molecule has 0 radical (unpaired) electrons. The number of aromatic nitrogens is 2. The van der Waals surface area contributed by atoms with E-state index in [0.29, 0.717) is 27.9 Å². The second kappa shape index (κ2) is 5.61. The molecule has 1 aromatic heterocycles. The van der Waals surface area contributed by atoms with Crippen molar-refractivity contribution < 1.29 is 4.92 Å². The van der Waals surface area contributed by atoms with Crippen molar-refractivity contribution in [1.82, 2.24) is 10.2 Å². The van der Waals surface area contributed by atoms with Gasteiger partial charge in [0.1, 0.15) is 5.69 Å². The molecule has 112 valence electrons. The Morgan fingerprint density at radius 1 is 1.30 bits per heavy atom. The maximum atomic E-state index is 10.9. The van der Waals surface area contributed by atoms with E-state index in [1.165, 1.54) is 12.1 Å². The topological polar surface area (TPSA) is 108 Å². The van der Waals surface area contributed by atoms with E-state index in [9.17, 15) is 10.1 Å². The summed E-state index contributed by atoms with van der Waals surface area (Å²) in [7, 11) is 0. The molecule has 0 aliphatic carbocycles. The average Bonchev–Trinajstić information content (AvgIpc) is 2.98. The minimum Gasteiger partial charge on any atom is -0.354 e. The molecule has 2 aromatic carbocycles. The van der Waals surface area contributed by atoms with Crippen molar-refractivity contribution >= 4 is 28.0 Å². The van der Waals surface area contributed by atoms with Gasteiger partial charge in [0.2, 0.25) is 0 Å². The zero-order chi connectivity index (χ0) is 16.4. The fourth-order valence-corrected chi connectivity index (χ4v) is 2.21. The first-order valence-corrected chi connectivity index (χ1v) is 6.67. The Morgan fingerprint density at radius 3 is 2.70 bits per heavy atom. The summed E-state index contributed by atoms with van der Waals surface area (Å²) in [6.07, 6.45) is 0. The first-order chi connectivity index (χ1) is 11.1. The molecule has 0 unspecified atom stereocenters. The Hall–Kier alpha value is -3.66. The Bertz CT molecular complexity index is 951. The Morgan fingerprint density at radius 2 is 2.04 bits per heavy atom. The summed E-state index contributed by atoms with van der Waals surface area (Å²) in [5, 5.41) is 30.4. The van der Waals surface area contributed by atoms with Gasteiger partial charge in [-0.2, -0.15) is 10.4 Å². The molecule has 1 heterocycles.